The molecule has 3 heterocycles. The second-order valence-electron chi connectivity index (χ2n) is 5.74. The molecule has 4 rings (SSSR count). The number of anilines is 1. The lowest BCUT2D eigenvalue weighted by Gasteiger charge is -2.30. The van der Waals surface area contributed by atoms with Crippen molar-refractivity contribution in [2.45, 2.75) is 26.3 Å². The molecule has 0 spiro atoms. The quantitative estimate of drug-likeness (QED) is 0.844. The van der Waals surface area contributed by atoms with Gasteiger partial charge in [-0.3, -0.25) is 0 Å². The van der Waals surface area contributed by atoms with E-state index in [2.05, 4.69) is 39.9 Å². The third kappa shape index (κ3) is 1.61. The van der Waals surface area contributed by atoms with Gasteiger partial charge < -0.3 is 14.8 Å². The van der Waals surface area contributed by atoms with Crippen molar-refractivity contribution in [1.82, 2.24) is 9.88 Å². The van der Waals surface area contributed by atoms with Gasteiger partial charge in [-0.2, -0.15) is 0 Å². The van der Waals surface area contributed by atoms with E-state index in [-0.39, 0.29) is 0 Å². The number of rotatable bonds is 1. The molecule has 2 aliphatic rings. The Morgan fingerprint density at radius 3 is 2.79 bits per heavy atom. The van der Waals surface area contributed by atoms with Crippen LogP contribution in [0.5, 0.6) is 0 Å². The lowest BCUT2D eigenvalue weighted by Crippen LogP contribution is -2.43. The Morgan fingerprint density at radius 2 is 1.95 bits per heavy atom. The highest BCUT2D eigenvalue weighted by Crippen LogP contribution is 2.38. The Morgan fingerprint density at radius 1 is 1.11 bits per heavy atom. The zero-order chi connectivity index (χ0) is 12.8. The minimum absolute atomic E-state index is 1.10. The molecular weight excluding hydrogens is 234 g/mol. The summed E-state index contributed by atoms with van der Waals surface area (Å²) in [4.78, 5) is 2.57. The molecule has 0 saturated carbocycles. The molecular formula is C16H21N3. The molecule has 0 atom stereocenters. The Bertz CT molecular complexity index is 620. The molecule has 0 unspecified atom stereocenters. The molecule has 1 fully saturated rings. The van der Waals surface area contributed by atoms with Crippen LogP contribution in [-0.2, 0) is 13.0 Å². The number of hydrogen-bond acceptors (Lipinski definition) is 2. The fraction of sp³-hybridized carbons (Fsp3) is 0.500. The Hall–Kier alpha value is -1.48. The molecule has 2 aromatic rings. The van der Waals surface area contributed by atoms with Crippen LogP contribution >= 0.6 is 0 Å². The van der Waals surface area contributed by atoms with E-state index in [9.17, 15) is 0 Å². The lowest BCUT2D eigenvalue weighted by molar-refractivity contribution is 0.584. The number of para-hydroxylation sites is 1. The summed E-state index contributed by atoms with van der Waals surface area (Å²) < 4.78 is 2.55. The first-order valence-electron chi connectivity index (χ1n) is 7.42. The molecule has 0 amide bonds. The highest BCUT2D eigenvalue weighted by Gasteiger charge is 2.23. The summed E-state index contributed by atoms with van der Waals surface area (Å²) in [5.41, 5.74) is 5.98. The maximum atomic E-state index is 3.45. The van der Waals surface area contributed by atoms with Crippen LogP contribution in [0.2, 0.25) is 0 Å². The standard InChI is InChI=1S/C16H21N3/c1-12-15(18-10-7-17-8-11-18)14-6-2-4-13-5-3-9-19(12)16(13)14/h2,4,6,17H,3,5,7-11H2,1H3. The van der Waals surface area contributed by atoms with Gasteiger partial charge in [-0.05, 0) is 25.3 Å². The first-order valence-corrected chi connectivity index (χ1v) is 7.42. The van der Waals surface area contributed by atoms with Gasteiger partial charge in [-0.15, -0.1) is 0 Å². The molecule has 3 heteroatoms. The van der Waals surface area contributed by atoms with E-state index in [4.69, 9.17) is 0 Å². The number of hydrogen-bond donors (Lipinski definition) is 1. The molecule has 2 aliphatic heterocycles. The van der Waals surface area contributed by atoms with E-state index in [1.807, 2.05) is 0 Å². The topological polar surface area (TPSA) is 20.2 Å². The lowest BCUT2D eigenvalue weighted by atomic mass is 10.0. The normalized spacial score (nSPS) is 19.1. The zero-order valence-corrected chi connectivity index (χ0v) is 11.6. The number of nitrogens with one attached hydrogen (secondary N) is 1. The summed E-state index contributed by atoms with van der Waals surface area (Å²) in [5, 5.41) is 4.92. The monoisotopic (exact) mass is 255 g/mol. The van der Waals surface area contributed by atoms with Crippen LogP contribution in [0.1, 0.15) is 17.7 Å². The van der Waals surface area contributed by atoms with Crippen molar-refractivity contribution in [3.63, 3.8) is 0 Å². The van der Waals surface area contributed by atoms with Crippen LogP contribution in [-0.4, -0.2) is 30.7 Å². The van der Waals surface area contributed by atoms with Gasteiger partial charge in [-0.1, -0.05) is 18.2 Å². The van der Waals surface area contributed by atoms with Gasteiger partial charge in [0.05, 0.1) is 11.2 Å². The smallest absolute Gasteiger partial charge is 0.0657 e. The average Bonchev–Trinajstić information content (AvgIpc) is 2.76. The van der Waals surface area contributed by atoms with E-state index < -0.39 is 0 Å². The maximum Gasteiger partial charge on any atom is 0.0657 e. The van der Waals surface area contributed by atoms with Crippen LogP contribution in [0.3, 0.4) is 0 Å². The van der Waals surface area contributed by atoms with Crippen LogP contribution in [0.4, 0.5) is 5.69 Å². The maximum absolute atomic E-state index is 3.45. The van der Waals surface area contributed by atoms with E-state index in [0.717, 1.165) is 26.2 Å². The summed E-state index contributed by atoms with van der Waals surface area (Å²) >= 11 is 0. The highest BCUT2D eigenvalue weighted by atomic mass is 15.2. The Kier molecular flexibility index (Phi) is 2.55. The number of benzene rings is 1. The largest absolute Gasteiger partial charge is 0.367 e. The first-order chi connectivity index (χ1) is 9.36. The molecule has 100 valence electrons. The van der Waals surface area contributed by atoms with Gasteiger partial charge in [0.15, 0.2) is 0 Å². The third-order valence-electron chi connectivity index (χ3n) is 4.65. The van der Waals surface area contributed by atoms with E-state index in [0.29, 0.717) is 0 Å². The Balaban J connectivity index is 1.95. The fourth-order valence-electron chi connectivity index (χ4n) is 3.79. The Labute approximate surface area is 114 Å². The van der Waals surface area contributed by atoms with Crippen LogP contribution in [0.15, 0.2) is 18.2 Å². The predicted octanol–water partition coefficient (Wildman–Crippen LogP) is 2.31. The van der Waals surface area contributed by atoms with Crippen molar-refractivity contribution in [2.24, 2.45) is 0 Å². The number of nitrogens with zero attached hydrogens (tertiary/aromatic N) is 2. The molecule has 0 aliphatic carbocycles. The zero-order valence-electron chi connectivity index (χ0n) is 11.6. The molecule has 1 aromatic carbocycles. The SMILES string of the molecule is Cc1c(N2CCNCC2)c2cccc3c2n1CCC3. The van der Waals surface area contributed by atoms with Crippen LogP contribution in [0, 0.1) is 6.92 Å². The van der Waals surface area contributed by atoms with Gasteiger partial charge in [0.2, 0.25) is 0 Å². The average molecular weight is 255 g/mol. The van der Waals surface area contributed by atoms with Gasteiger partial charge >= 0.3 is 0 Å². The van der Waals surface area contributed by atoms with Crippen molar-refractivity contribution < 1.29 is 0 Å². The summed E-state index contributed by atoms with van der Waals surface area (Å²) in [7, 11) is 0. The molecule has 0 bridgehead atoms. The van der Waals surface area contributed by atoms with Crippen LogP contribution < -0.4 is 10.2 Å². The van der Waals surface area contributed by atoms with Gasteiger partial charge in [-0.25, -0.2) is 0 Å². The first kappa shape index (κ1) is 11.4. The number of aryl methyl sites for hydroxylation is 2. The molecule has 1 aromatic heterocycles. The minimum Gasteiger partial charge on any atom is -0.367 e. The van der Waals surface area contributed by atoms with Crippen molar-refractivity contribution in [1.29, 1.82) is 0 Å². The minimum atomic E-state index is 1.10. The molecule has 3 nitrogen and oxygen atoms in total. The molecule has 0 radical (unpaired) electrons. The number of aromatic nitrogens is 1. The number of piperazine rings is 1. The fourth-order valence-corrected chi connectivity index (χ4v) is 3.79. The van der Waals surface area contributed by atoms with E-state index in [1.54, 1.807) is 0 Å². The van der Waals surface area contributed by atoms with Crippen molar-refractivity contribution in [3.05, 3.63) is 29.5 Å². The van der Waals surface area contributed by atoms with Gasteiger partial charge in [0, 0.05) is 43.8 Å². The van der Waals surface area contributed by atoms with E-state index >= 15 is 0 Å². The van der Waals surface area contributed by atoms with Gasteiger partial charge in [0.25, 0.3) is 0 Å². The van der Waals surface area contributed by atoms with Crippen molar-refractivity contribution in [3.8, 4) is 0 Å². The molecule has 19 heavy (non-hydrogen) atoms. The van der Waals surface area contributed by atoms with Crippen LogP contribution in [0.25, 0.3) is 10.9 Å². The summed E-state index contributed by atoms with van der Waals surface area (Å²) in [6.07, 6.45) is 2.52. The molecule has 1 saturated heterocycles. The summed E-state index contributed by atoms with van der Waals surface area (Å²) in [6.45, 7) is 7.95. The van der Waals surface area contributed by atoms with E-state index in [1.165, 1.54) is 47.2 Å². The van der Waals surface area contributed by atoms with Crippen molar-refractivity contribution >= 4 is 16.6 Å². The highest BCUT2D eigenvalue weighted by molar-refractivity contribution is 5.97. The predicted molar refractivity (Wildman–Crippen MR) is 80.1 cm³/mol. The second-order valence-corrected chi connectivity index (χ2v) is 5.74. The second kappa shape index (κ2) is 4.27. The van der Waals surface area contributed by atoms with Gasteiger partial charge in [0.1, 0.15) is 0 Å². The van der Waals surface area contributed by atoms with Crippen molar-refractivity contribution in [2.75, 3.05) is 31.1 Å². The third-order valence-corrected chi connectivity index (χ3v) is 4.65. The molecule has 1 N–H and O–H groups in total. The summed E-state index contributed by atoms with van der Waals surface area (Å²) in [5.74, 6) is 0. The summed E-state index contributed by atoms with van der Waals surface area (Å²) in [6, 6.07) is 6.85.